The van der Waals surface area contributed by atoms with E-state index >= 15 is 4.39 Å². The molecule has 244 valence electrons. The molecule has 0 unspecified atom stereocenters. The number of hydrogen-bond acceptors (Lipinski definition) is 10. The average molecular weight is 679 g/mol. The van der Waals surface area contributed by atoms with E-state index in [2.05, 4.69) is 24.9 Å². The third kappa shape index (κ3) is 7.40. The van der Waals surface area contributed by atoms with Gasteiger partial charge in [0.2, 0.25) is 21.9 Å². The SMILES string of the molecule is CCCS(=O)(=O)Nc1cccc(-c2nc(C3CCN(C(=O)CN4CCC5(CC4)CNC5)CC3)sc2-c2ccnc(N)n2)c1F.Cl. The van der Waals surface area contributed by atoms with Gasteiger partial charge in [0.25, 0.3) is 0 Å². The quantitative estimate of drug-likeness (QED) is 0.306. The summed E-state index contributed by atoms with van der Waals surface area (Å²) in [6.07, 6.45) is 5.75. The first-order valence-electron chi connectivity index (χ1n) is 15.3. The number of nitrogens with zero attached hydrogens (tertiary/aromatic N) is 5. The molecule has 3 aliphatic heterocycles. The number of rotatable bonds is 9. The van der Waals surface area contributed by atoms with Crippen molar-refractivity contribution in [2.24, 2.45) is 5.41 Å². The van der Waals surface area contributed by atoms with Gasteiger partial charge >= 0.3 is 0 Å². The number of nitrogen functional groups attached to an aromatic ring is 1. The second-order valence-electron chi connectivity index (χ2n) is 12.2. The summed E-state index contributed by atoms with van der Waals surface area (Å²) in [4.78, 5) is 31.3. The molecule has 5 heterocycles. The maximum absolute atomic E-state index is 15.9. The summed E-state index contributed by atoms with van der Waals surface area (Å²) in [5.74, 6) is -0.464. The number of aromatic nitrogens is 3. The molecular formula is C30H40ClFN8O3S2. The van der Waals surface area contributed by atoms with Crippen molar-refractivity contribution in [2.45, 2.75) is 44.9 Å². The summed E-state index contributed by atoms with van der Waals surface area (Å²) in [6, 6.07) is 6.30. The minimum atomic E-state index is -3.69. The molecule has 0 atom stereocenters. The Morgan fingerprint density at radius 1 is 1.16 bits per heavy atom. The van der Waals surface area contributed by atoms with Gasteiger partial charge in [-0.1, -0.05) is 13.0 Å². The van der Waals surface area contributed by atoms with Crippen molar-refractivity contribution < 1.29 is 17.6 Å². The molecule has 4 N–H and O–H groups in total. The van der Waals surface area contributed by atoms with Crippen molar-refractivity contribution in [1.29, 1.82) is 0 Å². The van der Waals surface area contributed by atoms with E-state index in [4.69, 9.17) is 10.7 Å². The molecule has 2 aromatic heterocycles. The molecule has 15 heteroatoms. The van der Waals surface area contributed by atoms with Crippen molar-refractivity contribution in [1.82, 2.24) is 30.1 Å². The van der Waals surface area contributed by atoms with Crippen molar-refractivity contribution in [2.75, 3.05) is 62.0 Å². The van der Waals surface area contributed by atoms with E-state index < -0.39 is 15.8 Å². The van der Waals surface area contributed by atoms with Crippen LogP contribution in [0.25, 0.3) is 21.8 Å². The third-order valence-electron chi connectivity index (χ3n) is 9.02. The molecule has 3 saturated heterocycles. The van der Waals surface area contributed by atoms with Gasteiger partial charge in [-0.05, 0) is 68.8 Å². The van der Waals surface area contributed by atoms with E-state index in [0.29, 0.717) is 47.7 Å². The Morgan fingerprint density at radius 3 is 2.53 bits per heavy atom. The van der Waals surface area contributed by atoms with Gasteiger partial charge in [0.1, 0.15) is 0 Å². The van der Waals surface area contributed by atoms with Crippen LogP contribution in [0.5, 0.6) is 0 Å². The smallest absolute Gasteiger partial charge is 0.236 e. The van der Waals surface area contributed by atoms with E-state index in [1.165, 1.54) is 17.4 Å². The monoisotopic (exact) mass is 678 g/mol. The highest BCUT2D eigenvalue weighted by molar-refractivity contribution is 7.92. The summed E-state index contributed by atoms with van der Waals surface area (Å²) in [5, 5.41) is 4.21. The van der Waals surface area contributed by atoms with Gasteiger partial charge in [0.15, 0.2) is 5.82 Å². The van der Waals surface area contributed by atoms with Crippen LogP contribution in [-0.2, 0) is 14.8 Å². The number of carbonyl (C=O) groups excluding carboxylic acids is 1. The molecule has 1 amide bonds. The first-order valence-corrected chi connectivity index (χ1v) is 17.7. The zero-order valence-electron chi connectivity index (χ0n) is 25.3. The van der Waals surface area contributed by atoms with Crippen molar-refractivity contribution >= 4 is 51.3 Å². The number of likely N-dealkylation sites (tertiary alicyclic amines) is 2. The van der Waals surface area contributed by atoms with Crippen LogP contribution in [0.3, 0.4) is 0 Å². The molecule has 0 radical (unpaired) electrons. The lowest BCUT2D eigenvalue weighted by Crippen LogP contribution is -2.59. The van der Waals surface area contributed by atoms with Crippen LogP contribution in [0.1, 0.15) is 50.0 Å². The minimum absolute atomic E-state index is 0. The number of carbonyl (C=O) groups is 1. The summed E-state index contributed by atoms with van der Waals surface area (Å²) in [5.41, 5.74) is 7.28. The highest BCUT2D eigenvalue weighted by Crippen LogP contribution is 2.43. The van der Waals surface area contributed by atoms with Crippen molar-refractivity contribution in [3.8, 4) is 21.8 Å². The van der Waals surface area contributed by atoms with Gasteiger partial charge in [0, 0.05) is 43.9 Å². The van der Waals surface area contributed by atoms with Gasteiger partial charge in [-0.15, -0.1) is 23.7 Å². The second-order valence-corrected chi connectivity index (χ2v) is 15.0. The lowest BCUT2D eigenvalue weighted by atomic mass is 9.73. The fraction of sp³-hybridized carbons (Fsp3) is 0.533. The number of benzene rings is 1. The number of piperidine rings is 2. The molecule has 0 saturated carbocycles. The topological polar surface area (TPSA) is 146 Å². The molecule has 3 aliphatic rings. The van der Waals surface area contributed by atoms with Gasteiger partial charge in [-0.3, -0.25) is 14.4 Å². The summed E-state index contributed by atoms with van der Waals surface area (Å²) < 4.78 is 43.1. The van der Waals surface area contributed by atoms with Crippen molar-refractivity contribution in [3.05, 3.63) is 41.3 Å². The first-order chi connectivity index (χ1) is 21.2. The molecular weight excluding hydrogens is 639 g/mol. The number of anilines is 2. The normalized spacial score (nSPS) is 18.8. The zero-order chi connectivity index (χ0) is 30.9. The second kappa shape index (κ2) is 13.8. The van der Waals surface area contributed by atoms with E-state index in [-0.39, 0.29) is 47.2 Å². The molecule has 1 spiro atoms. The van der Waals surface area contributed by atoms with Gasteiger partial charge in [0.05, 0.1) is 39.3 Å². The van der Waals surface area contributed by atoms with Crippen LogP contribution < -0.4 is 15.8 Å². The Hall–Kier alpha value is -2.91. The Bertz CT molecular complexity index is 1620. The minimum Gasteiger partial charge on any atom is -0.368 e. The number of nitrogens with two attached hydrogens (primary N) is 1. The largest absolute Gasteiger partial charge is 0.368 e. The number of thiazole rings is 1. The van der Waals surface area contributed by atoms with E-state index in [0.717, 1.165) is 56.9 Å². The van der Waals surface area contributed by atoms with E-state index in [1.54, 1.807) is 31.3 Å². The fourth-order valence-electron chi connectivity index (χ4n) is 6.33. The van der Waals surface area contributed by atoms with Crippen molar-refractivity contribution in [3.63, 3.8) is 0 Å². The lowest BCUT2D eigenvalue weighted by Gasteiger charge is -2.48. The van der Waals surface area contributed by atoms with Crippen LogP contribution in [0.4, 0.5) is 16.0 Å². The standard InChI is InChI=1S/C30H39FN8O3S2.ClH/c1-2-16-44(41,42)37-22-5-3-4-21(25(22)31)26-27(23-6-11-34-29(32)35-23)43-28(36-26)20-7-12-39(13-8-20)24(40)17-38-14-9-30(10-15-38)18-33-19-30;/h3-6,11,20,33,37H,2,7-10,12-19H2,1H3,(H2,32,34,35);1H. The Balaban J connectivity index is 0.00000400. The number of amides is 1. The third-order valence-corrected chi connectivity index (χ3v) is 11.7. The zero-order valence-corrected chi connectivity index (χ0v) is 27.7. The Morgan fingerprint density at radius 2 is 1.89 bits per heavy atom. The number of nitrogens with one attached hydrogen (secondary N) is 2. The molecule has 45 heavy (non-hydrogen) atoms. The van der Waals surface area contributed by atoms with Gasteiger partial charge in [-0.2, -0.15) is 0 Å². The Kier molecular flexibility index (Phi) is 10.3. The average Bonchev–Trinajstić information content (AvgIpc) is 3.43. The van der Waals surface area contributed by atoms with Crippen LogP contribution in [-0.4, -0.2) is 90.6 Å². The Labute approximate surface area is 273 Å². The summed E-state index contributed by atoms with van der Waals surface area (Å²) in [6.45, 7) is 7.63. The summed E-state index contributed by atoms with van der Waals surface area (Å²) in [7, 11) is -3.69. The van der Waals surface area contributed by atoms with Crippen LogP contribution in [0.15, 0.2) is 30.5 Å². The van der Waals surface area contributed by atoms with E-state index in [1.807, 2.05) is 4.90 Å². The van der Waals surface area contributed by atoms with Crippen LogP contribution in [0.2, 0.25) is 0 Å². The fourth-order valence-corrected chi connectivity index (χ4v) is 8.68. The maximum Gasteiger partial charge on any atom is 0.236 e. The van der Waals surface area contributed by atoms with Gasteiger partial charge in [-0.25, -0.2) is 27.8 Å². The van der Waals surface area contributed by atoms with Crippen LogP contribution in [0, 0.1) is 11.2 Å². The molecule has 0 aliphatic carbocycles. The summed E-state index contributed by atoms with van der Waals surface area (Å²) >= 11 is 1.42. The molecule has 3 aromatic rings. The molecule has 1 aromatic carbocycles. The predicted octanol–water partition coefficient (Wildman–Crippen LogP) is 3.95. The van der Waals surface area contributed by atoms with E-state index in [9.17, 15) is 13.2 Å². The number of halogens is 2. The molecule has 6 rings (SSSR count). The number of sulfonamides is 1. The molecule has 0 bridgehead atoms. The highest BCUT2D eigenvalue weighted by Gasteiger charge is 2.40. The lowest BCUT2D eigenvalue weighted by molar-refractivity contribution is -0.134. The number of hydrogen-bond donors (Lipinski definition) is 3. The first kappa shape index (κ1) is 33.5. The van der Waals surface area contributed by atoms with Crippen LogP contribution >= 0.6 is 23.7 Å². The highest BCUT2D eigenvalue weighted by atomic mass is 35.5. The molecule has 3 fully saturated rings. The maximum atomic E-state index is 15.9. The predicted molar refractivity (Wildman–Crippen MR) is 177 cm³/mol. The molecule has 11 nitrogen and oxygen atoms in total. The van der Waals surface area contributed by atoms with Gasteiger partial charge < -0.3 is 16.0 Å².